The average molecular weight is 453 g/mol. The monoisotopic (exact) mass is 450 g/mol. The molecule has 2 N–H and O–H groups in total. The van der Waals surface area contributed by atoms with Crippen molar-refractivity contribution in [2.45, 2.75) is 0 Å². The molecule has 0 saturated heterocycles. The number of aromatic nitrogens is 1. The normalized spacial score (nSPS) is 11.0. The summed E-state index contributed by atoms with van der Waals surface area (Å²) in [4.78, 5) is 4.40. The molecule has 0 spiro atoms. The summed E-state index contributed by atoms with van der Waals surface area (Å²) in [6.07, 6.45) is 0. The average Bonchev–Trinajstić information content (AvgIpc) is 2.58. The van der Waals surface area contributed by atoms with Crippen LogP contribution in [0.25, 0.3) is 22.4 Å². The lowest BCUT2D eigenvalue weighted by Gasteiger charge is -2.14. The first-order chi connectivity index (χ1) is 11.8. The first kappa shape index (κ1) is 18.9. The van der Waals surface area contributed by atoms with E-state index >= 15 is 0 Å². The molecule has 0 radical (unpaired) electrons. The Morgan fingerprint density at radius 3 is 1.64 bits per heavy atom. The standard InChI is InChI=1S/C17H8Cl6N2/c18-10-4-1-7(13(20)15(10)22)8-3-6-12(24)25-17(8)9-2-5-11(19)16(23)14(9)21/h1-6H,(H2,24,25). The second kappa shape index (κ2) is 7.40. The Morgan fingerprint density at radius 2 is 1.04 bits per heavy atom. The number of benzene rings is 2. The Morgan fingerprint density at radius 1 is 0.560 bits per heavy atom. The highest BCUT2D eigenvalue weighted by molar-refractivity contribution is 6.50. The number of hydrogen-bond acceptors (Lipinski definition) is 2. The molecule has 1 heterocycles. The van der Waals surface area contributed by atoms with Crippen LogP contribution >= 0.6 is 69.6 Å². The molecule has 0 aliphatic rings. The topological polar surface area (TPSA) is 38.9 Å². The largest absolute Gasteiger partial charge is 0.384 e. The van der Waals surface area contributed by atoms with Crippen molar-refractivity contribution >= 4 is 75.4 Å². The Hall–Kier alpha value is -0.870. The Kier molecular flexibility index (Phi) is 5.60. The van der Waals surface area contributed by atoms with Crippen LogP contribution in [0.2, 0.25) is 30.1 Å². The predicted molar refractivity (Wildman–Crippen MR) is 110 cm³/mol. The van der Waals surface area contributed by atoms with Crippen LogP contribution in [0.1, 0.15) is 0 Å². The van der Waals surface area contributed by atoms with Crippen LogP contribution in [0, 0.1) is 0 Å². The van der Waals surface area contributed by atoms with Gasteiger partial charge in [-0.05, 0) is 30.3 Å². The lowest BCUT2D eigenvalue weighted by Crippen LogP contribution is -1.96. The first-order valence-corrected chi connectivity index (χ1v) is 9.12. The molecule has 0 atom stereocenters. The number of pyridine rings is 1. The van der Waals surface area contributed by atoms with Crippen LogP contribution in [-0.4, -0.2) is 4.98 Å². The SMILES string of the molecule is Nc1ccc(-c2ccc(Cl)c(Cl)c2Cl)c(-c2ccc(Cl)c(Cl)c2Cl)n1. The van der Waals surface area contributed by atoms with E-state index in [0.717, 1.165) is 0 Å². The zero-order valence-electron chi connectivity index (χ0n) is 12.3. The summed E-state index contributed by atoms with van der Waals surface area (Å²) in [7, 11) is 0. The van der Waals surface area contributed by atoms with Gasteiger partial charge in [-0.2, -0.15) is 0 Å². The van der Waals surface area contributed by atoms with Crippen molar-refractivity contribution in [1.29, 1.82) is 0 Å². The molecule has 0 saturated carbocycles. The number of nitrogens with two attached hydrogens (primary N) is 1. The van der Waals surface area contributed by atoms with E-state index in [1.54, 1.807) is 36.4 Å². The minimum atomic E-state index is 0.233. The van der Waals surface area contributed by atoms with Gasteiger partial charge < -0.3 is 5.73 Å². The van der Waals surface area contributed by atoms with Crippen LogP contribution in [0.4, 0.5) is 5.82 Å². The van der Waals surface area contributed by atoms with Crippen molar-refractivity contribution in [2.24, 2.45) is 0 Å². The summed E-state index contributed by atoms with van der Waals surface area (Å²) in [6.45, 7) is 0. The number of anilines is 1. The molecule has 1 aromatic heterocycles. The Balaban J connectivity index is 2.32. The van der Waals surface area contributed by atoms with E-state index in [0.29, 0.717) is 43.3 Å². The van der Waals surface area contributed by atoms with Crippen molar-refractivity contribution in [1.82, 2.24) is 4.98 Å². The maximum atomic E-state index is 6.37. The summed E-state index contributed by atoms with van der Waals surface area (Å²) < 4.78 is 0. The van der Waals surface area contributed by atoms with Crippen molar-refractivity contribution in [3.63, 3.8) is 0 Å². The minimum Gasteiger partial charge on any atom is -0.384 e. The molecule has 0 unspecified atom stereocenters. The van der Waals surface area contributed by atoms with E-state index < -0.39 is 0 Å². The fraction of sp³-hybridized carbons (Fsp3) is 0. The van der Waals surface area contributed by atoms with Crippen molar-refractivity contribution in [2.75, 3.05) is 5.73 Å². The fourth-order valence-corrected chi connectivity index (χ4v) is 3.60. The number of nitrogen functional groups attached to an aromatic ring is 1. The molecule has 128 valence electrons. The molecule has 25 heavy (non-hydrogen) atoms. The smallest absolute Gasteiger partial charge is 0.124 e. The van der Waals surface area contributed by atoms with Crippen LogP contribution in [0.5, 0.6) is 0 Å². The lowest BCUT2D eigenvalue weighted by atomic mass is 9.99. The van der Waals surface area contributed by atoms with Crippen LogP contribution in [0.15, 0.2) is 36.4 Å². The van der Waals surface area contributed by atoms with E-state index in [9.17, 15) is 0 Å². The maximum absolute atomic E-state index is 6.37. The van der Waals surface area contributed by atoms with Gasteiger partial charge >= 0.3 is 0 Å². The van der Waals surface area contributed by atoms with Gasteiger partial charge in [-0.25, -0.2) is 4.98 Å². The first-order valence-electron chi connectivity index (χ1n) is 6.85. The molecule has 2 aromatic carbocycles. The Bertz CT molecular complexity index is 987. The van der Waals surface area contributed by atoms with Gasteiger partial charge in [0.05, 0.1) is 35.8 Å². The van der Waals surface area contributed by atoms with Gasteiger partial charge in [-0.3, -0.25) is 0 Å². The maximum Gasteiger partial charge on any atom is 0.124 e. The molecule has 3 rings (SSSR count). The molecule has 2 nitrogen and oxygen atoms in total. The molecule has 0 bridgehead atoms. The third-order valence-electron chi connectivity index (χ3n) is 3.53. The molecule has 0 aliphatic carbocycles. The van der Waals surface area contributed by atoms with Gasteiger partial charge in [0.25, 0.3) is 0 Å². The highest BCUT2D eigenvalue weighted by Gasteiger charge is 2.19. The Labute approximate surface area is 174 Å². The van der Waals surface area contributed by atoms with E-state index in [2.05, 4.69) is 4.98 Å². The molecule has 8 heteroatoms. The third-order valence-corrected chi connectivity index (χ3v) is 6.12. The summed E-state index contributed by atoms with van der Waals surface area (Å²) in [5.41, 5.74) is 8.25. The summed E-state index contributed by atoms with van der Waals surface area (Å²) in [6, 6.07) is 10.2. The van der Waals surface area contributed by atoms with Crippen LogP contribution in [-0.2, 0) is 0 Å². The fourth-order valence-electron chi connectivity index (χ4n) is 2.34. The molecule has 0 aliphatic heterocycles. The zero-order valence-corrected chi connectivity index (χ0v) is 16.8. The highest BCUT2D eigenvalue weighted by Crippen LogP contribution is 2.44. The van der Waals surface area contributed by atoms with E-state index in [-0.39, 0.29) is 15.1 Å². The number of nitrogens with zero attached hydrogens (tertiary/aromatic N) is 1. The second-order valence-corrected chi connectivity index (χ2v) is 7.40. The second-order valence-electron chi connectivity index (χ2n) is 5.08. The molecular weight excluding hydrogens is 445 g/mol. The predicted octanol–water partition coefficient (Wildman–Crippen LogP) is 7.92. The number of halogens is 6. The van der Waals surface area contributed by atoms with Gasteiger partial charge in [0.2, 0.25) is 0 Å². The van der Waals surface area contributed by atoms with Crippen LogP contribution in [0.3, 0.4) is 0 Å². The summed E-state index contributed by atoms with van der Waals surface area (Å²) >= 11 is 37.1. The quantitative estimate of drug-likeness (QED) is 0.401. The highest BCUT2D eigenvalue weighted by atomic mass is 35.5. The van der Waals surface area contributed by atoms with Crippen molar-refractivity contribution in [3.8, 4) is 22.4 Å². The zero-order chi connectivity index (χ0) is 18.3. The lowest BCUT2D eigenvalue weighted by molar-refractivity contribution is 1.33. The molecule has 3 aromatic rings. The van der Waals surface area contributed by atoms with E-state index in [1.165, 1.54) is 0 Å². The molecule has 0 fully saturated rings. The summed E-state index contributed by atoms with van der Waals surface area (Å²) in [5.74, 6) is 0.317. The van der Waals surface area contributed by atoms with E-state index in [4.69, 9.17) is 75.3 Å². The number of hydrogen-bond donors (Lipinski definition) is 1. The van der Waals surface area contributed by atoms with Crippen LogP contribution < -0.4 is 5.73 Å². The minimum absolute atomic E-state index is 0.233. The van der Waals surface area contributed by atoms with Gasteiger partial charge in [-0.1, -0.05) is 75.7 Å². The van der Waals surface area contributed by atoms with Gasteiger partial charge in [0.15, 0.2) is 0 Å². The molecule has 0 amide bonds. The van der Waals surface area contributed by atoms with Gasteiger partial charge in [-0.15, -0.1) is 0 Å². The van der Waals surface area contributed by atoms with E-state index in [1.807, 2.05) is 0 Å². The van der Waals surface area contributed by atoms with Crippen molar-refractivity contribution < 1.29 is 0 Å². The van der Waals surface area contributed by atoms with Gasteiger partial charge in [0.1, 0.15) is 5.82 Å². The third kappa shape index (κ3) is 3.52. The molecular formula is C17H8Cl6N2. The van der Waals surface area contributed by atoms with Gasteiger partial charge in [0, 0.05) is 16.7 Å². The van der Waals surface area contributed by atoms with Crippen molar-refractivity contribution in [3.05, 3.63) is 66.5 Å². The number of rotatable bonds is 2. The summed E-state index contributed by atoms with van der Waals surface area (Å²) in [5, 5.41) is 1.75.